The fourth-order valence-corrected chi connectivity index (χ4v) is 10.2. The van der Waals surface area contributed by atoms with Crippen molar-refractivity contribution in [1.29, 1.82) is 0 Å². The fraction of sp³-hybridized carbons (Fsp3) is 0.932. The molecule has 0 rings (SSSR count). The highest BCUT2D eigenvalue weighted by atomic mass is 31.2. The number of carbonyl (C=O) groups is 4. The molecule has 0 aliphatic carbocycles. The first-order valence-electron chi connectivity index (χ1n) is 31.2. The summed E-state index contributed by atoms with van der Waals surface area (Å²) in [4.78, 5) is 71.7. The Morgan fingerprint density at radius 3 is 0.910 bits per heavy atom. The van der Waals surface area contributed by atoms with Crippen LogP contribution in [0.5, 0.6) is 0 Å². The van der Waals surface area contributed by atoms with Gasteiger partial charge in [-0.2, -0.15) is 0 Å². The van der Waals surface area contributed by atoms with Gasteiger partial charge in [-0.15, -0.1) is 0 Å². The summed E-state index contributed by atoms with van der Waals surface area (Å²) in [5.74, 6) is -1.35. The summed E-state index contributed by atoms with van der Waals surface area (Å²) >= 11 is 0. The summed E-state index contributed by atoms with van der Waals surface area (Å²) in [6, 6.07) is 0. The number of hydrogen-bond acceptors (Lipinski definition) is 15. The first-order valence-corrected chi connectivity index (χ1v) is 34.2. The average molecular weight is 1160 g/mol. The third-order valence-corrected chi connectivity index (χ3v) is 15.8. The van der Waals surface area contributed by atoms with E-state index in [1.807, 2.05) is 0 Å². The molecular formula is C59H114O17P2. The molecule has 0 heterocycles. The molecule has 0 aliphatic rings. The highest BCUT2D eigenvalue weighted by Crippen LogP contribution is 2.45. The molecule has 0 fully saturated rings. The number of aliphatic hydroxyl groups is 1. The quantitative estimate of drug-likeness (QED) is 0.0222. The van der Waals surface area contributed by atoms with Crippen LogP contribution in [-0.2, 0) is 65.4 Å². The second kappa shape index (κ2) is 53.1. The average Bonchev–Trinajstić information content (AvgIpc) is 3.41. The summed E-state index contributed by atoms with van der Waals surface area (Å²) in [5.41, 5.74) is 0. The largest absolute Gasteiger partial charge is 0.472 e. The number of esters is 4. The lowest BCUT2D eigenvalue weighted by Gasteiger charge is -2.21. The second-order valence-corrected chi connectivity index (χ2v) is 24.5. The Hall–Kier alpha value is -1.94. The Bertz CT molecular complexity index is 1540. The molecule has 0 bridgehead atoms. The SMILES string of the molecule is CCCCCCCCCCCCC(=O)OC[C@H](COP(=O)(O)OC[C@@H](O)COP(=O)(O)OC[C@@H](COC(=O)CCCCCCCCC)OC(=O)CCCCCCCCC)OC(=O)CCCCCCCCCCCCC(C)CC. The van der Waals surface area contributed by atoms with Crippen molar-refractivity contribution in [3.05, 3.63) is 0 Å². The highest BCUT2D eigenvalue weighted by Gasteiger charge is 2.30. The Morgan fingerprint density at radius 2 is 0.615 bits per heavy atom. The van der Waals surface area contributed by atoms with Crippen LogP contribution in [0.4, 0.5) is 0 Å². The molecule has 0 aromatic rings. The number of rotatable bonds is 59. The van der Waals surface area contributed by atoms with Crippen LogP contribution in [0.25, 0.3) is 0 Å². The van der Waals surface area contributed by atoms with Crippen LogP contribution in [0.3, 0.4) is 0 Å². The number of unbranched alkanes of at least 4 members (excludes halogenated alkanes) is 30. The van der Waals surface area contributed by atoms with Crippen molar-refractivity contribution in [1.82, 2.24) is 0 Å². The van der Waals surface area contributed by atoms with Gasteiger partial charge in [0.2, 0.25) is 0 Å². The topological polar surface area (TPSA) is 237 Å². The molecule has 0 aliphatic heterocycles. The van der Waals surface area contributed by atoms with Gasteiger partial charge in [-0.05, 0) is 31.6 Å². The van der Waals surface area contributed by atoms with E-state index in [1.165, 1.54) is 89.9 Å². The van der Waals surface area contributed by atoms with Gasteiger partial charge in [0.25, 0.3) is 0 Å². The van der Waals surface area contributed by atoms with E-state index >= 15 is 0 Å². The van der Waals surface area contributed by atoms with E-state index in [2.05, 4.69) is 34.6 Å². The van der Waals surface area contributed by atoms with Crippen molar-refractivity contribution in [2.75, 3.05) is 39.6 Å². The first-order chi connectivity index (χ1) is 37.6. The van der Waals surface area contributed by atoms with E-state index in [0.717, 1.165) is 121 Å². The van der Waals surface area contributed by atoms with Gasteiger partial charge in [0.1, 0.15) is 19.3 Å². The Labute approximate surface area is 473 Å². The van der Waals surface area contributed by atoms with Crippen molar-refractivity contribution >= 4 is 39.5 Å². The van der Waals surface area contributed by atoms with Crippen LogP contribution >= 0.6 is 15.6 Å². The number of phosphoric ester groups is 2. The molecule has 3 N–H and O–H groups in total. The lowest BCUT2D eigenvalue weighted by atomic mass is 9.99. The highest BCUT2D eigenvalue weighted by molar-refractivity contribution is 7.47. The maximum Gasteiger partial charge on any atom is 0.472 e. The standard InChI is InChI=1S/C59H114O17P2/c1-6-10-13-16-19-20-24-29-33-38-43-57(62)70-49-55(76-59(64)45-40-35-30-25-22-21-23-28-31-36-41-52(5)9-4)51-74-78(67,68)72-47-53(60)46-71-77(65,66)73-50-54(75-58(63)44-39-34-27-18-15-12-8-3)48-69-56(61)42-37-32-26-17-14-11-7-2/h52-55,60H,6-51H2,1-5H3,(H,65,66)(H,67,68)/t52?,53-,54+,55+/m0/s1. The van der Waals surface area contributed by atoms with Gasteiger partial charge in [-0.25, -0.2) is 9.13 Å². The minimum Gasteiger partial charge on any atom is -0.462 e. The molecule has 462 valence electrons. The number of phosphoric acid groups is 2. The molecule has 0 aromatic heterocycles. The summed E-state index contributed by atoms with van der Waals surface area (Å²) < 4.78 is 67.6. The second-order valence-electron chi connectivity index (χ2n) is 21.6. The Balaban J connectivity index is 5.19. The maximum atomic E-state index is 12.9. The zero-order chi connectivity index (χ0) is 57.8. The lowest BCUT2D eigenvalue weighted by molar-refractivity contribution is -0.161. The maximum absolute atomic E-state index is 12.9. The van der Waals surface area contributed by atoms with Crippen molar-refractivity contribution in [2.45, 2.75) is 310 Å². The van der Waals surface area contributed by atoms with E-state index in [0.29, 0.717) is 25.7 Å². The molecule has 0 radical (unpaired) electrons. The number of ether oxygens (including phenoxy) is 4. The first kappa shape index (κ1) is 76.1. The predicted octanol–water partition coefficient (Wildman–Crippen LogP) is 15.8. The molecule has 3 unspecified atom stereocenters. The smallest absolute Gasteiger partial charge is 0.462 e. The van der Waals surface area contributed by atoms with Gasteiger partial charge < -0.3 is 33.8 Å². The Kier molecular flexibility index (Phi) is 51.8. The van der Waals surface area contributed by atoms with Crippen molar-refractivity contribution in [2.24, 2.45) is 5.92 Å². The molecule has 0 saturated carbocycles. The summed E-state index contributed by atoms with van der Waals surface area (Å²) in [6.45, 7) is 7.09. The number of carbonyl (C=O) groups excluding carboxylic acids is 4. The van der Waals surface area contributed by atoms with Gasteiger partial charge in [0.15, 0.2) is 12.2 Å². The third-order valence-electron chi connectivity index (χ3n) is 13.9. The van der Waals surface area contributed by atoms with Gasteiger partial charge in [0, 0.05) is 25.7 Å². The zero-order valence-electron chi connectivity index (χ0n) is 49.8. The molecule has 78 heavy (non-hydrogen) atoms. The zero-order valence-corrected chi connectivity index (χ0v) is 51.6. The van der Waals surface area contributed by atoms with E-state index in [4.69, 9.17) is 37.0 Å². The summed E-state index contributed by atoms with van der Waals surface area (Å²) in [7, 11) is -9.87. The minimum atomic E-state index is -4.94. The number of hydrogen-bond donors (Lipinski definition) is 3. The van der Waals surface area contributed by atoms with Gasteiger partial charge in [-0.1, -0.05) is 240 Å². The van der Waals surface area contributed by atoms with Crippen LogP contribution < -0.4 is 0 Å². The van der Waals surface area contributed by atoms with Crippen LogP contribution in [0.1, 0.15) is 291 Å². The molecule has 0 aromatic carbocycles. The Morgan fingerprint density at radius 1 is 0.359 bits per heavy atom. The van der Waals surface area contributed by atoms with Gasteiger partial charge in [0.05, 0.1) is 26.4 Å². The van der Waals surface area contributed by atoms with Crippen LogP contribution in [0.2, 0.25) is 0 Å². The molecule has 17 nitrogen and oxygen atoms in total. The monoisotopic (exact) mass is 1160 g/mol. The number of aliphatic hydroxyl groups excluding tert-OH is 1. The van der Waals surface area contributed by atoms with E-state index in [-0.39, 0.29) is 25.7 Å². The van der Waals surface area contributed by atoms with E-state index in [9.17, 15) is 43.2 Å². The van der Waals surface area contributed by atoms with Crippen LogP contribution in [0.15, 0.2) is 0 Å². The predicted molar refractivity (Wildman–Crippen MR) is 308 cm³/mol. The molecular weight excluding hydrogens is 1040 g/mol. The fourth-order valence-electron chi connectivity index (χ4n) is 8.67. The van der Waals surface area contributed by atoms with Crippen LogP contribution in [-0.4, -0.2) is 96.7 Å². The van der Waals surface area contributed by atoms with E-state index in [1.54, 1.807) is 0 Å². The summed E-state index contributed by atoms with van der Waals surface area (Å²) in [6.07, 6.45) is 35.0. The summed E-state index contributed by atoms with van der Waals surface area (Å²) in [5, 5.41) is 10.5. The van der Waals surface area contributed by atoms with Crippen LogP contribution in [0, 0.1) is 5.92 Å². The van der Waals surface area contributed by atoms with Gasteiger partial charge in [-0.3, -0.25) is 37.3 Å². The van der Waals surface area contributed by atoms with Crippen molar-refractivity contribution in [3.63, 3.8) is 0 Å². The van der Waals surface area contributed by atoms with Gasteiger partial charge >= 0.3 is 39.5 Å². The minimum absolute atomic E-state index is 0.103. The van der Waals surface area contributed by atoms with Crippen molar-refractivity contribution in [3.8, 4) is 0 Å². The third kappa shape index (κ3) is 52.2. The molecule has 19 heteroatoms. The van der Waals surface area contributed by atoms with E-state index < -0.39 is 97.5 Å². The van der Waals surface area contributed by atoms with Crippen molar-refractivity contribution < 1.29 is 80.2 Å². The molecule has 0 spiro atoms. The molecule has 0 amide bonds. The normalized spacial score (nSPS) is 14.7. The lowest BCUT2D eigenvalue weighted by Crippen LogP contribution is -2.30. The molecule has 6 atom stereocenters. The molecule has 0 saturated heterocycles.